The third kappa shape index (κ3) is 2.36. The smallest absolute Gasteiger partial charge is 0.230 e. The Morgan fingerprint density at radius 1 is 1.55 bits per heavy atom. The number of benzene rings is 1. The first kappa shape index (κ1) is 14.0. The van der Waals surface area contributed by atoms with Gasteiger partial charge in [0.25, 0.3) is 0 Å². The Hall–Kier alpha value is -2.39. The maximum absolute atomic E-state index is 13.3. The van der Waals surface area contributed by atoms with Crippen molar-refractivity contribution in [3.05, 3.63) is 24.0 Å². The SMILES string of the molecule is CC(=O)n1c(O)c(N=NC(=S)NN)c2ccc(F)cc21. The molecule has 0 amide bonds. The lowest BCUT2D eigenvalue weighted by molar-refractivity contribution is 0.0933. The van der Waals surface area contributed by atoms with Crippen LogP contribution in [0, 0.1) is 5.82 Å². The van der Waals surface area contributed by atoms with Gasteiger partial charge in [-0.2, -0.15) is 0 Å². The summed E-state index contributed by atoms with van der Waals surface area (Å²) in [6.45, 7) is 1.23. The average Bonchev–Trinajstić information content (AvgIpc) is 2.67. The van der Waals surface area contributed by atoms with Crippen molar-refractivity contribution >= 4 is 39.8 Å². The van der Waals surface area contributed by atoms with E-state index in [-0.39, 0.29) is 16.3 Å². The van der Waals surface area contributed by atoms with Crippen LogP contribution in [-0.4, -0.2) is 20.7 Å². The van der Waals surface area contributed by atoms with Crippen molar-refractivity contribution in [3.8, 4) is 5.88 Å². The van der Waals surface area contributed by atoms with Gasteiger partial charge in [-0.1, -0.05) is 0 Å². The molecule has 20 heavy (non-hydrogen) atoms. The number of nitrogens with zero attached hydrogens (tertiary/aromatic N) is 3. The second-order valence-electron chi connectivity index (χ2n) is 3.84. The highest BCUT2D eigenvalue weighted by Crippen LogP contribution is 2.38. The number of hydrazine groups is 1. The number of thiocarbonyl (C=S) groups is 1. The molecule has 0 saturated carbocycles. The molecule has 2 aromatic rings. The molecule has 104 valence electrons. The summed E-state index contributed by atoms with van der Waals surface area (Å²) >= 11 is 4.69. The quantitative estimate of drug-likeness (QED) is 0.323. The maximum atomic E-state index is 13.3. The molecule has 0 atom stereocenters. The summed E-state index contributed by atoms with van der Waals surface area (Å²) in [5.74, 6) is 3.57. The highest BCUT2D eigenvalue weighted by molar-refractivity contribution is 7.80. The van der Waals surface area contributed by atoms with Gasteiger partial charge in [-0.25, -0.2) is 14.8 Å². The zero-order chi connectivity index (χ0) is 14.9. The van der Waals surface area contributed by atoms with Gasteiger partial charge >= 0.3 is 0 Å². The lowest BCUT2D eigenvalue weighted by Gasteiger charge is -2.00. The molecule has 0 spiro atoms. The molecule has 0 aliphatic carbocycles. The number of nitrogens with one attached hydrogen (secondary N) is 1. The van der Waals surface area contributed by atoms with Crippen LogP contribution in [0.2, 0.25) is 0 Å². The average molecular weight is 295 g/mol. The van der Waals surface area contributed by atoms with E-state index in [1.54, 1.807) is 0 Å². The lowest BCUT2D eigenvalue weighted by Crippen LogP contribution is -2.26. The molecule has 0 aliphatic heterocycles. The summed E-state index contributed by atoms with van der Waals surface area (Å²) in [4.78, 5) is 11.5. The minimum Gasteiger partial charge on any atom is -0.493 e. The van der Waals surface area contributed by atoms with Gasteiger partial charge in [0.15, 0.2) is 5.69 Å². The molecule has 0 radical (unpaired) electrons. The van der Waals surface area contributed by atoms with E-state index in [2.05, 4.69) is 27.9 Å². The van der Waals surface area contributed by atoms with Crippen molar-refractivity contribution in [1.29, 1.82) is 0 Å². The normalized spacial score (nSPS) is 11.2. The molecule has 1 heterocycles. The number of aromatic hydroxyl groups is 1. The number of hydrogen-bond donors (Lipinski definition) is 3. The van der Waals surface area contributed by atoms with E-state index < -0.39 is 17.6 Å². The van der Waals surface area contributed by atoms with Gasteiger partial charge in [-0.3, -0.25) is 10.2 Å². The van der Waals surface area contributed by atoms with Crippen LogP contribution in [0.5, 0.6) is 5.88 Å². The third-order valence-corrected chi connectivity index (χ3v) is 2.76. The van der Waals surface area contributed by atoms with E-state index in [0.717, 1.165) is 10.6 Å². The van der Waals surface area contributed by atoms with Crippen LogP contribution in [0.1, 0.15) is 11.7 Å². The van der Waals surface area contributed by atoms with Crippen LogP contribution in [0.3, 0.4) is 0 Å². The largest absolute Gasteiger partial charge is 0.493 e. The van der Waals surface area contributed by atoms with Crippen molar-refractivity contribution in [3.63, 3.8) is 0 Å². The summed E-state index contributed by atoms with van der Waals surface area (Å²) in [5.41, 5.74) is 2.29. The van der Waals surface area contributed by atoms with E-state index in [0.29, 0.717) is 5.39 Å². The highest BCUT2D eigenvalue weighted by Gasteiger charge is 2.19. The molecule has 4 N–H and O–H groups in total. The fourth-order valence-electron chi connectivity index (χ4n) is 1.77. The Kier molecular flexibility index (Phi) is 3.72. The number of nitrogens with two attached hydrogens (primary N) is 1. The molecule has 1 aromatic carbocycles. The molecule has 9 heteroatoms. The van der Waals surface area contributed by atoms with Crippen LogP contribution >= 0.6 is 12.2 Å². The molecule has 2 rings (SSSR count). The van der Waals surface area contributed by atoms with Gasteiger partial charge in [0.2, 0.25) is 16.9 Å². The summed E-state index contributed by atoms with van der Waals surface area (Å²) in [5, 5.41) is 17.6. The Balaban J connectivity index is 2.72. The molecule has 7 nitrogen and oxygen atoms in total. The zero-order valence-corrected chi connectivity index (χ0v) is 11.1. The zero-order valence-electron chi connectivity index (χ0n) is 10.3. The number of carbonyl (C=O) groups is 1. The first-order valence-corrected chi connectivity index (χ1v) is 5.82. The van der Waals surface area contributed by atoms with Crippen LogP contribution < -0.4 is 11.3 Å². The third-order valence-electron chi connectivity index (χ3n) is 2.56. The second-order valence-corrected chi connectivity index (χ2v) is 4.22. The fourth-order valence-corrected chi connectivity index (χ4v) is 1.81. The predicted octanol–water partition coefficient (Wildman–Crippen LogP) is 1.98. The summed E-state index contributed by atoms with van der Waals surface area (Å²) < 4.78 is 14.2. The standard InChI is InChI=1S/C11H10FN5O2S/c1-5(18)17-8-4-6(12)2-3-7(8)9(10(17)19)15-16-11(20)14-13/h2-4,19H,13H2,1H3,(H,14,20). The summed E-state index contributed by atoms with van der Waals surface area (Å²) in [6.07, 6.45) is 0. The number of halogens is 1. The summed E-state index contributed by atoms with van der Waals surface area (Å²) in [7, 11) is 0. The van der Waals surface area contributed by atoms with Gasteiger partial charge in [0.1, 0.15) is 5.82 Å². The minimum atomic E-state index is -0.542. The molecule has 0 fully saturated rings. The number of fused-ring (bicyclic) bond motifs is 1. The molecule has 0 unspecified atom stereocenters. The van der Waals surface area contributed by atoms with Crippen molar-refractivity contribution in [2.45, 2.75) is 6.92 Å². The van der Waals surface area contributed by atoms with Gasteiger partial charge in [-0.05, 0) is 30.4 Å². The topological polar surface area (TPSA) is 105 Å². The van der Waals surface area contributed by atoms with Crippen molar-refractivity contribution < 1.29 is 14.3 Å². The molecule has 1 aromatic heterocycles. The molecule has 0 saturated heterocycles. The van der Waals surface area contributed by atoms with Gasteiger partial charge < -0.3 is 5.11 Å². The second kappa shape index (κ2) is 5.31. The number of azo groups is 1. The summed E-state index contributed by atoms with van der Waals surface area (Å²) in [6, 6.07) is 3.69. The van der Waals surface area contributed by atoms with E-state index in [1.165, 1.54) is 19.1 Å². The van der Waals surface area contributed by atoms with Crippen molar-refractivity contribution in [2.75, 3.05) is 0 Å². The maximum Gasteiger partial charge on any atom is 0.230 e. The van der Waals surface area contributed by atoms with Gasteiger partial charge in [0, 0.05) is 12.3 Å². The van der Waals surface area contributed by atoms with Crippen molar-refractivity contribution in [1.82, 2.24) is 9.99 Å². The number of rotatable bonds is 1. The Labute approximate surface area is 117 Å². The first-order chi connectivity index (χ1) is 9.45. The molecule has 0 bridgehead atoms. The van der Waals surface area contributed by atoms with E-state index in [4.69, 9.17) is 5.84 Å². The van der Waals surface area contributed by atoms with E-state index >= 15 is 0 Å². The number of aromatic nitrogens is 1. The predicted molar refractivity (Wildman–Crippen MR) is 74.3 cm³/mol. The Bertz CT molecular complexity index is 740. The van der Waals surface area contributed by atoms with Crippen LogP contribution in [-0.2, 0) is 0 Å². The van der Waals surface area contributed by atoms with Crippen LogP contribution in [0.4, 0.5) is 10.1 Å². The fraction of sp³-hybridized carbons (Fsp3) is 0.0909. The Morgan fingerprint density at radius 2 is 2.25 bits per heavy atom. The number of carbonyl (C=O) groups excluding carboxylic acids is 1. The van der Waals surface area contributed by atoms with Crippen molar-refractivity contribution in [2.24, 2.45) is 16.1 Å². The molecular weight excluding hydrogens is 285 g/mol. The molecule has 0 aliphatic rings. The highest BCUT2D eigenvalue weighted by atomic mass is 32.1. The first-order valence-electron chi connectivity index (χ1n) is 5.42. The minimum absolute atomic E-state index is 0.00722. The van der Waals surface area contributed by atoms with Crippen LogP contribution in [0.25, 0.3) is 10.9 Å². The molecular formula is C11H10FN5O2S. The van der Waals surface area contributed by atoms with Gasteiger partial charge in [0.05, 0.1) is 5.52 Å². The lowest BCUT2D eigenvalue weighted by atomic mass is 10.2. The van der Waals surface area contributed by atoms with Crippen LogP contribution in [0.15, 0.2) is 28.4 Å². The van der Waals surface area contributed by atoms with Gasteiger partial charge in [-0.15, -0.1) is 10.2 Å². The van der Waals surface area contributed by atoms with E-state index in [1.807, 2.05) is 0 Å². The van der Waals surface area contributed by atoms with E-state index in [9.17, 15) is 14.3 Å². The monoisotopic (exact) mass is 295 g/mol. The Morgan fingerprint density at radius 3 is 2.85 bits per heavy atom. The number of hydrogen-bond acceptors (Lipinski definition) is 5.